The maximum atomic E-state index is 13.7. The minimum Gasteiger partial charge on any atom is -0.481 e. The molecule has 3 amide bonds. The summed E-state index contributed by atoms with van der Waals surface area (Å²) in [5.74, 6) is -1.70. The van der Waals surface area contributed by atoms with Crippen molar-refractivity contribution in [2.24, 2.45) is 5.92 Å². The van der Waals surface area contributed by atoms with Crippen LogP contribution in [0.5, 0.6) is 0 Å². The third kappa shape index (κ3) is 5.79. The van der Waals surface area contributed by atoms with Gasteiger partial charge in [-0.3, -0.25) is 14.5 Å². The highest BCUT2D eigenvalue weighted by atomic mass is 32.2. The molecule has 13 heteroatoms. The molecule has 3 aliphatic rings. The smallest absolute Gasteiger partial charge is 0.321 e. The van der Waals surface area contributed by atoms with E-state index in [1.807, 2.05) is 0 Å². The zero-order valence-corrected chi connectivity index (χ0v) is 21.1. The van der Waals surface area contributed by atoms with Gasteiger partial charge in [0.15, 0.2) is 6.17 Å². The maximum absolute atomic E-state index is 13.7. The number of carboxylic acids is 1. The van der Waals surface area contributed by atoms with Crippen molar-refractivity contribution in [2.75, 3.05) is 39.4 Å². The molecule has 2 N–H and O–H groups in total. The molecule has 0 aromatic carbocycles. The van der Waals surface area contributed by atoms with Gasteiger partial charge in [-0.05, 0) is 30.2 Å². The summed E-state index contributed by atoms with van der Waals surface area (Å²) in [6, 6.07) is 2.03. The Morgan fingerprint density at radius 3 is 2.46 bits per heavy atom. The number of carbonyl (C=O) groups excluding carboxylic acids is 2. The fourth-order valence-corrected chi connectivity index (χ4v) is 7.77. The summed E-state index contributed by atoms with van der Waals surface area (Å²) in [6.45, 7) is 1.48. The molecule has 3 fully saturated rings. The predicted octanol–water partition coefficient (Wildman–Crippen LogP) is 1.37. The van der Waals surface area contributed by atoms with Crippen LogP contribution in [-0.4, -0.2) is 97.1 Å². The zero-order valence-electron chi connectivity index (χ0n) is 19.5. The summed E-state index contributed by atoms with van der Waals surface area (Å²) in [7, 11) is -4.03. The van der Waals surface area contributed by atoms with Crippen LogP contribution in [-0.2, 0) is 24.3 Å². The van der Waals surface area contributed by atoms with E-state index in [4.69, 9.17) is 4.74 Å². The lowest BCUT2D eigenvalue weighted by atomic mass is 9.82. The average molecular weight is 529 g/mol. The van der Waals surface area contributed by atoms with E-state index in [-0.39, 0.29) is 29.6 Å². The van der Waals surface area contributed by atoms with Crippen LogP contribution in [0, 0.1) is 5.92 Å². The Morgan fingerprint density at radius 2 is 1.83 bits per heavy atom. The van der Waals surface area contributed by atoms with Gasteiger partial charge in [0.1, 0.15) is 4.21 Å². The molecule has 2 saturated heterocycles. The first-order valence-corrected chi connectivity index (χ1v) is 14.3. The summed E-state index contributed by atoms with van der Waals surface area (Å²) in [6.07, 6.45) is 2.95. The number of nitrogens with zero attached hydrogens (tertiary/aromatic N) is 3. The normalized spacial score (nSPS) is 23.3. The SMILES string of the molecule is O=C(O)CC(NC(=O)C1N(C(=O)N2CCOCC2)CCN1S(=O)(=O)c1cccs1)C1CCCCC1. The first-order valence-electron chi connectivity index (χ1n) is 12.0. The number of carboxylic acid groups (broad SMARTS) is 1. The molecule has 0 radical (unpaired) electrons. The van der Waals surface area contributed by atoms with Crippen molar-refractivity contribution in [3.63, 3.8) is 0 Å². The van der Waals surface area contributed by atoms with Gasteiger partial charge in [-0.2, -0.15) is 4.31 Å². The van der Waals surface area contributed by atoms with Gasteiger partial charge in [0.25, 0.3) is 15.9 Å². The maximum Gasteiger partial charge on any atom is 0.321 e. The van der Waals surface area contributed by atoms with E-state index in [0.29, 0.717) is 26.3 Å². The monoisotopic (exact) mass is 528 g/mol. The molecule has 2 atom stereocenters. The Kier molecular flexibility index (Phi) is 8.30. The topological polar surface area (TPSA) is 137 Å². The second-order valence-electron chi connectivity index (χ2n) is 9.11. The number of morpholine rings is 1. The summed E-state index contributed by atoms with van der Waals surface area (Å²) < 4.78 is 33.3. The van der Waals surface area contributed by atoms with E-state index in [1.54, 1.807) is 16.3 Å². The van der Waals surface area contributed by atoms with E-state index in [1.165, 1.54) is 11.0 Å². The lowest BCUT2D eigenvalue weighted by Gasteiger charge is -2.36. The van der Waals surface area contributed by atoms with Gasteiger partial charge in [-0.15, -0.1) is 11.3 Å². The van der Waals surface area contributed by atoms with Crippen molar-refractivity contribution in [3.8, 4) is 0 Å². The van der Waals surface area contributed by atoms with Crippen molar-refractivity contribution in [3.05, 3.63) is 17.5 Å². The molecule has 0 spiro atoms. The molecule has 2 unspecified atom stereocenters. The van der Waals surface area contributed by atoms with Crippen molar-refractivity contribution < 1.29 is 32.6 Å². The molecule has 4 rings (SSSR count). The summed E-state index contributed by atoms with van der Waals surface area (Å²) in [5, 5.41) is 13.9. The summed E-state index contributed by atoms with van der Waals surface area (Å²) >= 11 is 1.04. The molecule has 1 aromatic heterocycles. The number of rotatable bonds is 7. The highest BCUT2D eigenvalue weighted by Crippen LogP contribution is 2.31. The third-order valence-electron chi connectivity index (χ3n) is 6.89. The van der Waals surface area contributed by atoms with E-state index in [2.05, 4.69) is 5.32 Å². The Bertz CT molecular complexity index is 1010. The zero-order chi connectivity index (χ0) is 25.0. The number of hydrogen-bond donors (Lipinski definition) is 2. The quantitative estimate of drug-likeness (QED) is 0.545. The molecule has 1 aromatic rings. The lowest BCUT2D eigenvalue weighted by Crippen LogP contribution is -2.59. The highest BCUT2D eigenvalue weighted by molar-refractivity contribution is 7.91. The number of aliphatic carboxylic acids is 1. The van der Waals surface area contributed by atoms with E-state index in [0.717, 1.165) is 47.7 Å². The number of carbonyl (C=O) groups is 3. The molecule has 1 saturated carbocycles. The van der Waals surface area contributed by atoms with Crippen LogP contribution in [0.3, 0.4) is 0 Å². The van der Waals surface area contributed by atoms with Gasteiger partial charge < -0.3 is 20.1 Å². The summed E-state index contributed by atoms with van der Waals surface area (Å²) in [5.41, 5.74) is 0. The molecule has 3 heterocycles. The predicted molar refractivity (Wildman–Crippen MR) is 127 cm³/mol. The van der Waals surface area contributed by atoms with Gasteiger partial charge in [0, 0.05) is 32.2 Å². The number of thiophene rings is 1. The molecule has 11 nitrogen and oxygen atoms in total. The third-order valence-corrected chi connectivity index (χ3v) is 10.1. The molecule has 0 bridgehead atoms. The van der Waals surface area contributed by atoms with Crippen LogP contribution in [0.1, 0.15) is 38.5 Å². The Balaban J connectivity index is 1.61. The fourth-order valence-electron chi connectivity index (χ4n) is 5.11. The largest absolute Gasteiger partial charge is 0.481 e. The number of hydrogen-bond acceptors (Lipinski definition) is 7. The van der Waals surface area contributed by atoms with Gasteiger partial charge in [0.2, 0.25) is 0 Å². The lowest BCUT2D eigenvalue weighted by molar-refractivity contribution is -0.138. The number of ether oxygens (including phenoxy) is 1. The molecular formula is C22H32N4O7S2. The molecular weight excluding hydrogens is 496 g/mol. The van der Waals surface area contributed by atoms with Crippen molar-refractivity contribution in [2.45, 2.75) is 54.9 Å². The molecule has 1 aliphatic carbocycles. The van der Waals surface area contributed by atoms with Gasteiger partial charge in [0.05, 0.1) is 19.6 Å². The first kappa shape index (κ1) is 25.9. The highest BCUT2D eigenvalue weighted by Gasteiger charge is 2.48. The number of sulfonamides is 1. The van der Waals surface area contributed by atoms with Crippen LogP contribution in [0.4, 0.5) is 4.79 Å². The Labute approximate surface area is 209 Å². The standard InChI is InChI=1S/C22H32N4O7S2/c27-18(28)15-17(16-5-2-1-3-6-16)23-20(29)21-25(22(30)24-10-12-33-13-11-24)8-9-26(21)35(31,32)19-7-4-14-34-19/h4,7,14,16-17,21H,1-3,5-6,8-13,15H2,(H,23,29)(H,27,28). The first-order chi connectivity index (χ1) is 16.8. The minimum atomic E-state index is -4.03. The Hall–Kier alpha value is -2.22. The fraction of sp³-hybridized carbons (Fsp3) is 0.682. The number of nitrogens with one attached hydrogen (secondary N) is 1. The second-order valence-corrected chi connectivity index (χ2v) is 12.2. The molecule has 194 valence electrons. The van der Waals surface area contributed by atoms with E-state index < -0.39 is 40.1 Å². The van der Waals surface area contributed by atoms with Gasteiger partial charge in [-0.1, -0.05) is 25.3 Å². The number of urea groups is 1. The Morgan fingerprint density at radius 1 is 1.11 bits per heavy atom. The van der Waals surface area contributed by atoms with Crippen molar-refractivity contribution >= 4 is 39.3 Å². The minimum absolute atomic E-state index is 0.00375. The van der Waals surface area contributed by atoms with Crippen molar-refractivity contribution in [1.82, 2.24) is 19.4 Å². The van der Waals surface area contributed by atoms with Crippen LogP contribution >= 0.6 is 11.3 Å². The van der Waals surface area contributed by atoms with Crippen LogP contribution < -0.4 is 5.32 Å². The van der Waals surface area contributed by atoms with E-state index in [9.17, 15) is 27.9 Å². The van der Waals surface area contributed by atoms with Crippen LogP contribution in [0.25, 0.3) is 0 Å². The second kappa shape index (κ2) is 11.2. The van der Waals surface area contributed by atoms with E-state index >= 15 is 0 Å². The molecule has 35 heavy (non-hydrogen) atoms. The summed E-state index contributed by atoms with van der Waals surface area (Å²) in [4.78, 5) is 41.4. The van der Waals surface area contributed by atoms with Crippen LogP contribution in [0.15, 0.2) is 21.7 Å². The van der Waals surface area contributed by atoms with Crippen LogP contribution in [0.2, 0.25) is 0 Å². The van der Waals surface area contributed by atoms with Gasteiger partial charge in [-0.25, -0.2) is 13.2 Å². The van der Waals surface area contributed by atoms with Crippen molar-refractivity contribution in [1.29, 1.82) is 0 Å². The number of amides is 3. The average Bonchev–Trinajstić information content (AvgIpc) is 3.55. The van der Waals surface area contributed by atoms with Gasteiger partial charge >= 0.3 is 12.0 Å². The molecule has 2 aliphatic heterocycles.